The molecule has 2 aromatic carbocycles. The van der Waals surface area contributed by atoms with Gasteiger partial charge in [0.05, 0.1) is 27.2 Å². The molecule has 0 saturated carbocycles. The largest absolute Gasteiger partial charge is 0.457 e. The van der Waals surface area contributed by atoms with Crippen LogP contribution in [-0.2, 0) is 6.18 Å². The highest BCUT2D eigenvalue weighted by Crippen LogP contribution is 2.36. The average Bonchev–Trinajstić information content (AvgIpc) is 3.32. The van der Waals surface area contributed by atoms with E-state index in [1.807, 2.05) is 30.3 Å². The Kier molecular flexibility index (Phi) is 4.65. The number of aromatic amines is 1. The quantitative estimate of drug-likeness (QED) is 0.387. The summed E-state index contributed by atoms with van der Waals surface area (Å²) in [4.78, 5) is 7.41. The fourth-order valence-electron chi connectivity index (χ4n) is 2.84. The van der Waals surface area contributed by atoms with E-state index in [2.05, 4.69) is 9.97 Å². The molecule has 0 bridgehead atoms. The summed E-state index contributed by atoms with van der Waals surface area (Å²) >= 11 is 6.05. The fourth-order valence-corrected chi connectivity index (χ4v) is 3.05. The molecule has 4 rings (SSSR count). The van der Waals surface area contributed by atoms with Crippen LogP contribution in [0, 0.1) is 11.3 Å². The van der Waals surface area contributed by atoms with Gasteiger partial charge in [-0.05, 0) is 42.5 Å². The number of allylic oxidation sites excluding steroid dienone is 1. The van der Waals surface area contributed by atoms with Crippen LogP contribution >= 0.6 is 11.6 Å². The second kappa shape index (κ2) is 7.15. The summed E-state index contributed by atoms with van der Waals surface area (Å²) in [6.45, 7) is 0. The predicted molar refractivity (Wildman–Crippen MR) is 104 cm³/mol. The van der Waals surface area contributed by atoms with Crippen molar-refractivity contribution < 1.29 is 17.6 Å². The molecule has 0 saturated heterocycles. The molecular formula is C21H11ClF3N3O. The number of imidazole rings is 1. The number of alkyl halides is 3. The lowest BCUT2D eigenvalue weighted by Crippen LogP contribution is -2.04. The smallest absolute Gasteiger partial charge is 0.416 e. The van der Waals surface area contributed by atoms with Gasteiger partial charge in [0, 0.05) is 11.6 Å². The van der Waals surface area contributed by atoms with Crippen LogP contribution in [0.2, 0.25) is 5.02 Å². The van der Waals surface area contributed by atoms with Gasteiger partial charge in [-0.1, -0.05) is 23.7 Å². The van der Waals surface area contributed by atoms with E-state index in [1.165, 1.54) is 18.2 Å². The lowest BCUT2D eigenvalue weighted by Gasteiger charge is -2.09. The Hall–Kier alpha value is -3.50. The zero-order valence-corrected chi connectivity index (χ0v) is 15.3. The molecule has 2 aromatic heterocycles. The number of benzene rings is 2. The van der Waals surface area contributed by atoms with Crippen molar-refractivity contribution in [3.63, 3.8) is 0 Å². The van der Waals surface area contributed by atoms with Gasteiger partial charge in [-0.3, -0.25) is 0 Å². The van der Waals surface area contributed by atoms with E-state index in [4.69, 9.17) is 16.0 Å². The third-order valence-corrected chi connectivity index (χ3v) is 4.57. The lowest BCUT2D eigenvalue weighted by molar-refractivity contribution is -0.137. The van der Waals surface area contributed by atoms with Gasteiger partial charge >= 0.3 is 6.18 Å². The molecular weight excluding hydrogens is 403 g/mol. The number of furan rings is 1. The summed E-state index contributed by atoms with van der Waals surface area (Å²) in [7, 11) is 0. The molecule has 8 heteroatoms. The number of hydrogen-bond acceptors (Lipinski definition) is 3. The number of nitriles is 1. The molecule has 29 heavy (non-hydrogen) atoms. The molecule has 0 amide bonds. The first-order chi connectivity index (χ1) is 13.8. The highest BCUT2D eigenvalue weighted by atomic mass is 35.5. The topological polar surface area (TPSA) is 65.6 Å². The SMILES string of the molecule is N#C/C(=C\c1ccc(-c2cc(C(F)(F)F)ccc2Cl)o1)c1nc2ccccc2[nH]1. The van der Waals surface area contributed by atoms with Crippen molar-refractivity contribution >= 4 is 34.3 Å². The van der Waals surface area contributed by atoms with E-state index < -0.39 is 11.7 Å². The summed E-state index contributed by atoms with van der Waals surface area (Å²) in [5.41, 5.74) is 0.991. The molecule has 0 aliphatic heterocycles. The Morgan fingerprint density at radius 3 is 2.66 bits per heavy atom. The summed E-state index contributed by atoms with van der Waals surface area (Å²) in [5, 5.41) is 9.62. The minimum Gasteiger partial charge on any atom is -0.457 e. The van der Waals surface area contributed by atoms with E-state index >= 15 is 0 Å². The first-order valence-corrected chi connectivity index (χ1v) is 8.77. The number of para-hydroxylation sites is 2. The van der Waals surface area contributed by atoms with Crippen molar-refractivity contribution in [3.8, 4) is 17.4 Å². The zero-order chi connectivity index (χ0) is 20.6. The Morgan fingerprint density at radius 2 is 1.93 bits per heavy atom. The summed E-state index contributed by atoms with van der Waals surface area (Å²) in [5.74, 6) is 0.809. The van der Waals surface area contributed by atoms with E-state index in [1.54, 1.807) is 6.07 Å². The molecule has 0 spiro atoms. The molecule has 144 valence electrons. The van der Waals surface area contributed by atoms with Crippen molar-refractivity contribution in [3.05, 3.63) is 76.8 Å². The number of fused-ring (bicyclic) bond motifs is 1. The monoisotopic (exact) mass is 413 g/mol. The minimum atomic E-state index is -4.50. The van der Waals surface area contributed by atoms with Gasteiger partial charge in [0.2, 0.25) is 0 Å². The van der Waals surface area contributed by atoms with Crippen molar-refractivity contribution in [2.45, 2.75) is 6.18 Å². The Bertz CT molecular complexity index is 1250. The van der Waals surface area contributed by atoms with Gasteiger partial charge in [-0.15, -0.1) is 0 Å². The van der Waals surface area contributed by atoms with E-state index in [0.29, 0.717) is 11.3 Å². The molecule has 0 fully saturated rings. The number of rotatable bonds is 3. The molecule has 4 nitrogen and oxygen atoms in total. The zero-order valence-electron chi connectivity index (χ0n) is 14.6. The average molecular weight is 414 g/mol. The minimum absolute atomic E-state index is 0.114. The lowest BCUT2D eigenvalue weighted by atomic mass is 10.1. The molecule has 1 N–H and O–H groups in total. The standard InChI is InChI=1S/C21H11ClF3N3O/c22-16-7-5-13(21(23,24)25)10-15(16)19-8-6-14(29-19)9-12(11-26)20-27-17-3-1-2-4-18(17)28-20/h1-10H,(H,27,28)/b12-9+. The van der Waals surface area contributed by atoms with Crippen LogP contribution in [0.15, 0.2) is 59.0 Å². The fraction of sp³-hybridized carbons (Fsp3) is 0.0476. The molecule has 2 heterocycles. The van der Waals surface area contributed by atoms with Crippen molar-refractivity contribution in [1.29, 1.82) is 5.26 Å². The maximum Gasteiger partial charge on any atom is 0.416 e. The highest BCUT2D eigenvalue weighted by molar-refractivity contribution is 6.33. The molecule has 0 atom stereocenters. The first-order valence-electron chi connectivity index (χ1n) is 8.39. The molecule has 0 radical (unpaired) electrons. The van der Waals surface area contributed by atoms with Crippen LogP contribution in [0.25, 0.3) is 34.0 Å². The van der Waals surface area contributed by atoms with Gasteiger partial charge in [-0.2, -0.15) is 18.4 Å². The Morgan fingerprint density at radius 1 is 1.14 bits per heavy atom. The second-order valence-corrected chi connectivity index (χ2v) is 6.57. The number of nitrogens with one attached hydrogen (secondary N) is 1. The van der Waals surface area contributed by atoms with Crippen molar-refractivity contribution in [2.75, 3.05) is 0 Å². The van der Waals surface area contributed by atoms with Gasteiger partial charge in [0.25, 0.3) is 0 Å². The highest BCUT2D eigenvalue weighted by Gasteiger charge is 2.31. The Balaban J connectivity index is 1.71. The number of H-pyrrole nitrogens is 1. The van der Waals surface area contributed by atoms with Gasteiger partial charge in [0.15, 0.2) is 0 Å². The van der Waals surface area contributed by atoms with E-state index in [-0.39, 0.29) is 27.7 Å². The van der Waals surface area contributed by atoms with Crippen LogP contribution in [0.5, 0.6) is 0 Å². The number of nitrogens with zero attached hydrogens (tertiary/aromatic N) is 2. The van der Waals surface area contributed by atoms with Crippen LogP contribution in [0.1, 0.15) is 17.1 Å². The molecule has 0 aliphatic carbocycles. The van der Waals surface area contributed by atoms with E-state index in [0.717, 1.165) is 17.6 Å². The second-order valence-electron chi connectivity index (χ2n) is 6.17. The Labute approximate surface area is 167 Å². The normalized spacial score (nSPS) is 12.3. The molecule has 0 unspecified atom stereocenters. The van der Waals surface area contributed by atoms with Crippen LogP contribution in [0.3, 0.4) is 0 Å². The maximum atomic E-state index is 13.0. The predicted octanol–water partition coefficient (Wildman–Crippen LogP) is 6.56. The molecule has 4 aromatic rings. The van der Waals surface area contributed by atoms with Crippen molar-refractivity contribution in [2.24, 2.45) is 0 Å². The van der Waals surface area contributed by atoms with Crippen molar-refractivity contribution in [1.82, 2.24) is 9.97 Å². The number of halogens is 4. The summed E-state index contributed by atoms with van der Waals surface area (Å²) in [6, 6.07) is 15.4. The van der Waals surface area contributed by atoms with Crippen LogP contribution < -0.4 is 0 Å². The van der Waals surface area contributed by atoms with Gasteiger partial charge < -0.3 is 9.40 Å². The third-order valence-electron chi connectivity index (χ3n) is 4.24. The van der Waals surface area contributed by atoms with Crippen LogP contribution in [0.4, 0.5) is 13.2 Å². The number of aromatic nitrogens is 2. The summed E-state index contributed by atoms with van der Waals surface area (Å²) < 4.78 is 44.6. The van der Waals surface area contributed by atoms with Crippen LogP contribution in [-0.4, -0.2) is 9.97 Å². The molecule has 0 aliphatic rings. The number of hydrogen-bond donors (Lipinski definition) is 1. The van der Waals surface area contributed by atoms with E-state index in [9.17, 15) is 18.4 Å². The van der Waals surface area contributed by atoms with Gasteiger partial charge in [0.1, 0.15) is 23.4 Å². The maximum absolute atomic E-state index is 13.0. The van der Waals surface area contributed by atoms with Gasteiger partial charge in [-0.25, -0.2) is 4.98 Å². The third kappa shape index (κ3) is 3.75. The first kappa shape index (κ1) is 18.8. The summed E-state index contributed by atoms with van der Waals surface area (Å²) in [6.07, 6.45) is -3.04.